The highest BCUT2D eigenvalue weighted by Crippen LogP contribution is 2.70. The van der Waals surface area contributed by atoms with Crippen molar-refractivity contribution < 1.29 is 24.9 Å². The van der Waals surface area contributed by atoms with Gasteiger partial charge in [0.25, 0.3) is 0 Å². The molecule has 3 N–H and O–H groups in total. The summed E-state index contributed by atoms with van der Waals surface area (Å²) >= 11 is 0. The molecule has 0 amide bonds. The molecule has 6 rings (SSSR count). The van der Waals surface area contributed by atoms with E-state index in [-0.39, 0.29) is 58.1 Å². The van der Waals surface area contributed by atoms with Gasteiger partial charge in [0.05, 0.1) is 12.7 Å². The normalized spacial score (nSPS) is 44.8. The van der Waals surface area contributed by atoms with Crippen molar-refractivity contribution >= 4 is 12.0 Å². The summed E-state index contributed by atoms with van der Waals surface area (Å²) in [5.41, 5.74) is 2.50. The van der Waals surface area contributed by atoms with Crippen LogP contribution in [0.4, 0.5) is 0 Å². The molecule has 0 heterocycles. The molecule has 1 aromatic rings. The number of aromatic hydroxyl groups is 1. The lowest BCUT2D eigenvalue weighted by atomic mass is 9.42. The summed E-state index contributed by atoms with van der Waals surface area (Å²) in [6, 6.07) is 6.73. The van der Waals surface area contributed by atoms with E-state index in [1.807, 2.05) is 0 Å². The van der Waals surface area contributed by atoms with Crippen molar-refractivity contribution in [1.29, 1.82) is 0 Å². The summed E-state index contributed by atoms with van der Waals surface area (Å²) in [6.07, 6.45) is 15.9. The van der Waals surface area contributed by atoms with Gasteiger partial charge in [-0.2, -0.15) is 0 Å². The minimum Gasteiger partial charge on any atom is -0.508 e. The Balaban J connectivity index is 1.23. The zero-order valence-electron chi connectivity index (χ0n) is 27.9. The molecule has 4 saturated carbocycles. The van der Waals surface area contributed by atoms with E-state index >= 15 is 0 Å². The average molecular weight is 605 g/mol. The third-order valence-electron chi connectivity index (χ3n) is 14.5. The number of hydrogen-bond donors (Lipinski definition) is 3. The van der Waals surface area contributed by atoms with Crippen molar-refractivity contribution in [2.24, 2.45) is 50.7 Å². The lowest BCUT2D eigenvalue weighted by Crippen LogP contribution is -2.61. The van der Waals surface area contributed by atoms with Gasteiger partial charge in [-0.15, -0.1) is 0 Å². The third-order valence-corrected chi connectivity index (χ3v) is 14.5. The number of benzene rings is 1. The molecule has 0 saturated heterocycles. The predicted molar refractivity (Wildman–Crippen MR) is 175 cm³/mol. The first-order valence-corrected chi connectivity index (χ1v) is 17.3. The topological polar surface area (TPSA) is 87.0 Å². The predicted octanol–water partition coefficient (Wildman–Crippen LogP) is 8.08. The summed E-state index contributed by atoms with van der Waals surface area (Å²) in [7, 11) is 0. The Bertz CT molecular complexity index is 1310. The van der Waals surface area contributed by atoms with E-state index in [0.29, 0.717) is 17.8 Å². The lowest BCUT2D eigenvalue weighted by molar-refractivity contribution is -0.203. The lowest BCUT2D eigenvalue weighted by Gasteiger charge is -2.64. The molecule has 242 valence electrons. The molecule has 44 heavy (non-hydrogen) atoms. The molecule has 5 aliphatic rings. The average Bonchev–Trinajstić information content (AvgIpc) is 3.14. The highest BCUT2D eigenvalue weighted by Gasteiger charge is 2.64. The van der Waals surface area contributed by atoms with Crippen LogP contribution < -0.4 is 0 Å². The molecule has 0 spiro atoms. The molecule has 4 fully saturated rings. The molecular formula is C39H56O5. The first-order chi connectivity index (χ1) is 20.7. The minimum atomic E-state index is -0.491. The fourth-order valence-electron chi connectivity index (χ4n) is 12.1. The van der Waals surface area contributed by atoms with Crippen LogP contribution in [0.5, 0.6) is 5.75 Å². The molecule has 5 heteroatoms. The maximum Gasteiger partial charge on any atom is 0.331 e. The Kier molecular flexibility index (Phi) is 7.97. The monoisotopic (exact) mass is 604 g/mol. The van der Waals surface area contributed by atoms with Crippen LogP contribution >= 0.6 is 0 Å². The number of rotatable bonds is 4. The van der Waals surface area contributed by atoms with Gasteiger partial charge in [0, 0.05) is 11.5 Å². The molecule has 1 aromatic carbocycles. The number of ether oxygens (including phenoxy) is 1. The van der Waals surface area contributed by atoms with Crippen molar-refractivity contribution in [3.63, 3.8) is 0 Å². The van der Waals surface area contributed by atoms with Gasteiger partial charge in [0.2, 0.25) is 0 Å². The number of aliphatic hydroxyl groups excluding tert-OH is 2. The second kappa shape index (κ2) is 11.0. The molecular weight excluding hydrogens is 548 g/mol. The van der Waals surface area contributed by atoms with Crippen LogP contribution in [0.15, 0.2) is 42.0 Å². The second-order valence-corrected chi connectivity index (χ2v) is 17.1. The van der Waals surface area contributed by atoms with E-state index in [1.165, 1.54) is 25.3 Å². The number of carbonyl (C=O) groups is 1. The van der Waals surface area contributed by atoms with Gasteiger partial charge < -0.3 is 20.1 Å². The van der Waals surface area contributed by atoms with E-state index in [1.54, 1.807) is 35.9 Å². The van der Waals surface area contributed by atoms with Gasteiger partial charge in [-0.25, -0.2) is 4.79 Å². The van der Waals surface area contributed by atoms with Gasteiger partial charge in [-0.1, -0.05) is 65.3 Å². The zero-order valence-corrected chi connectivity index (χ0v) is 27.9. The first kappa shape index (κ1) is 31.9. The van der Waals surface area contributed by atoms with Crippen molar-refractivity contribution in [2.45, 2.75) is 118 Å². The van der Waals surface area contributed by atoms with Gasteiger partial charge in [-0.3, -0.25) is 0 Å². The van der Waals surface area contributed by atoms with E-state index in [0.717, 1.165) is 50.5 Å². The largest absolute Gasteiger partial charge is 0.508 e. The second-order valence-electron chi connectivity index (χ2n) is 17.1. The fraction of sp³-hybridized carbons (Fsp3) is 0.718. The number of carbonyl (C=O) groups excluding carboxylic acids is 1. The SMILES string of the molecule is CC12CCC3C(C)(CO)C(OC(=O)C=Cc4ccc(O)cc4)CCC3(C)C1CCC1C(=CCC3C(C)(C)C(O)CCC13C)C2. The van der Waals surface area contributed by atoms with Crippen molar-refractivity contribution in [1.82, 2.24) is 0 Å². The van der Waals surface area contributed by atoms with Crippen LogP contribution in [0.1, 0.15) is 111 Å². The van der Waals surface area contributed by atoms with Crippen molar-refractivity contribution in [3.05, 3.63) is 47.6 Å². The Morgan fingerprint density at radius 2 is 1.59 bits per heavy atom. The molecule has 0 aliphatic heterocycles. The van der Waals surface area contributed by atoms with E-state index in [4.69, 9.17) is 4.74 Å². The summed E-state index contributed by atoms with van der Waals surface area (Å²) < 4.78 is 6.14. The standard InChI is InChI=1S/C39H56O5/c1-35(2)29-14-10-26-23-36(3)20-17-31-38(5,30(36)15-13-28(26)37(29,4)21-18-32(35)42)22-19-33(39(31,6)24-40)44-34(43)16-9-25-7-11-27(41)12-8-25/h7-12,16,28-33,40-42H,13-15,17-24H2,1-6H3. The van der Waals surface area contributed by atoms with E-state index < -0.39 is 5.41 Å². The third kappa shape index (κ3) is 4.91. The Labute approximate surface area is 265 Å². The molecule has 10 atom stereocenters. The smallest absolute Gasteiger partial charge is 0.331 e. The van der Waals surface area contributed by atoms with Crippen molar-refractivity contribution in [2.75, 3.05) is 6.61 Å². The number of phenolic OH excluding ortho intramolecular Hbond substituents is 1. The van der Waals surface area contributed by atoms with Crippen LogP contribution in [0.3, 0.4) is 0 Å². The molecule has 0 radical (unpaired) electrons. The van der Waals surface area contributed by atoms with Crippen LogP contribution in [-0.2, 0) is 9.53 Å². The van der Waals surface area contributed by atoms with Gasteiger partial charge in [-0.05, 0) is 133 Å². The number of hydrogen-bond acceptors (Lipinski definition) is 5. The van der Waals surface area contributed by atoms with E-state index in [9.17, 15) is 20.1 Å². The summed E-state index contributed by atoms with van der Waals surface area (Å²) in [4.78, 5) is 13.0. The maximum atomic E-state index is 13.0. The Morgan fingerprint density at radius 3 is 2.30 bits per heavy atom. The highest BCUT2D eigenvalue weighted by molar-refractivity contribution is 5.87. The molecule has 10 unspecified atom stereocenters. The summed E-state index contributed by atoms with van der Waals surface area (Å²) in [5, 5.41) is 31.5. The highest BCUT2D eigenvalue weighted by atomic mass is 16.5. The maximum absolute atomic E-state index is 13.0. The fourth-order valence-corrected chi connectivity index (χ4v) is 12.1. The van der Waals surface area contributed by atoms with Crippen LogP contribution in [-0.4, -0.2) is 40.1 Å². The summed E-state index contributed by atoms with van der Waals surface area (Å²) in [6.45, 7) is 14.4. The van der Waals surface area contributed by atoms with Crippen LogP contribution in [0, 0.1) is 50.7 Å². The number of phenols is 1. The Morgan fingerprint density at radius 1 is 0.886 bits per heavy atom. The minimum absolute atomic E-state index is 0.0151. The van der Waals surface area contributed by atoms with Crippen molar-refractivity contribution in [3.8, 4) is 5.75 Å². The van der Waals surface area contributed by atoms with Crippen LogP contribution in [0.25, 0.3) is 6.08 Å². The van der Waals surface area contributed by atoms with Gasteiger partial charge in [0.15, 0.2) is 0 Å². The number of aliphatic hydroxyl groups is 2. The number of fused-ring (bicyclic) bond motifs is 6. The van der Waals surface area contributed by atoms with Gasteiger partial charge in [0.1, 0.15) is 11.9 Å². The van der Waals surface area contributed by atoms with Crippen LogP contribution in [0.2, 0.25) is 0 Å². The molecule has 5 nitrogen and oxygen atoms in total. The molecule has 5 aliphatic carbocycles. The quantitative estimate of drug-likeness (QED) is 0.184. The number of allylic oxidation sites excluding steroid dienone is 2. The summed E-state index contributed by atoms with van der Waals surface area (Å²) in [5.74, 6) is 1.75. The first-order valence-electron chi connectivity index (χ1n) is 17.3. The van der Waals surface area contributed by atoms with E-state index in [2.05, 4.69) is 47.6 Å². The van der Waals surface area contributed by atoms with Gasteiger partial charge >= 0.3 is 5.97 Å². The Hall–Kier alpha value is -2.11. The molecule has 0 bridgehead atoms. The molecule has 0 aromatic heterocycles. The zero-order chi connectivity index (χ0) is 31.7. The number of esters is 1.